The van der Waals surface area contributed by atoms with E-state index in [2.05, 4.69) is 19.2 Å². The van der Waals surface area contributed by atoms with E-state index >= 15 is 0 Å². The van der Waals surface area contributed by atoms with Crippen LogP contribution in [0.4, 0.5) is 10.5 Å². The lowest BCUT2D eigenvalue weighted by molar-refractivity contribution is -0.134. The van der Waals surface area contributed by atoms with Crippen molar-refractivity contribution in [3.05, 3.63) is 102 Å². The number of nitrogens with one attached hydrogen (secondary N) is 1. The predicted molar refractivity (Wildman–Crippen MR) is 132 cm³/mol. The van der Waals surface area contributed by atoms with Crippen molar-refractivity contribution in [3.8, 4) is 0 Å². The molecular formula is C28H29N3O3. The van der Waals surface area contributed by atoms with Crippen LogP contribution in [0.1, 0.15) is 43.4 Å². The maximum Gasteiger partial charge on any atom is 0.325 e. The number of para-hydroxylation sites is 1. The minimum atomic E-state index is -1.22. The topological polar surface area (TPSA) is 69.7 Å². The summed E-state index contributed by atoms with van der Waals surface area (Å²) >= 11 is 0. The Morgan fingerprint density at radius 3 is 2.09 bits per heavy atom. The lowest BCUT2D eigenvalue weighted by Gasteiger charge is -2.26. The molecule has 6 heteroatoms. The summed E-state index contributed by atoms with van der Waals surface area (Å²) in [7, 11) is 0. The highest BCUT2D eigenvalue weighted by Crippen LogP contribution is 2.30. The molecule has 4 amide bonds. The average Bonchev–Trinajstić information content (AvgIpc) is 3.07. The first-order valence-corrected chi connectivity index (χ1v) is 11.4. The van der Waals surface area contributed by atoms with Gasteiger partial charge in [-0.3, -0.25) is 14.5 Å². The number of imide groups is 1. The number of benzene rings is 3. The normalized spacial score (nSPS) is 17.7. The molecular weight excluding hydrogens is 426 g/mol. The number of carbonyl (C=O) groups is 3. The van der Waals surface area contributed by atoms with Crippen LogP contribution in [0, 0.1) is 0 Å². The largest absolute Gasteiger partial charge is 0.325 e. The molecule has 1 atom stereocenters. The molecule has 1 N–H and O–H groups in total. The van der Waals surface area contributed by atoms with E-state index in [-0.39, 0.29) is 12.5 Å². The van der Waals surface area contributed by atoms with Crippen molar-refractivity contribution in [1.82, 2.24) is 10.2 Å². The van der Waals surface area contributed by atoms with E-state index < -0.39 is 17.5 Å². The van der Waals surface area contributed by atoms with Gasteiger partial charge in [-0.25, -0.2) is 4.79 Å². The number of nitrogens with zero attached hydrogens (tertiary/aromatic N) is 2. The molecule has 1 aliphatic heterocycles. The van der Waals surface area contributed by atoms with Crippen molar-refractivity contribution < 1.29 is 14.4 Å². The highest BCUT2D eigenvalue weighted by Gasteiger charge is 2.49. The lowest BCUT2D eigenvalue weighted by atomic mass is 9.90. The summed E-state index contributed by atoms with van der Waals surface area (Å²) in [6.45, 7) is 5.87. The third kappa shape index (κ3) is 4.57. The van der Waals surface area contributed by atoms with E-state index in [1.165, 1.54) is 0 Å². The van der Waals surface area contributed by atoms with E-state index in [0.717, 1.165) is 16.0 Å². The second-order valence-corrected chi connectivity index (χ2v) is 9.02. The molecule has 0 bridgehead atoms. The van der Waals surface area contributed by atoms with Crippen LogP contribution in [-0.4, -0.2) is 29.3 Å². The zero-order valence-electron chi connectivity index (χ0n) is 19.7. The molecule has 4 rings (SSSR count). The molecule has 0 radical (unpaired) electrons. The summed E-state index contributed by atoms with van der Waals surface area (Å²) in [5.74, 6) is -0.410. The number of carbonyl (C=O) groups excluding carboxylic acids is 3. The van der Waals surface area contributed by atoms with Crippen molar-refractivity contribution in [2.45, 2.75) is 38.8 Å². The maximum absolute atomic E-state index is 13.4. The Balaban J connectivity index is 1.57. The van der Waals surface area contributed by atoms with Crippen molar-refractivity contribution in [3.63, 3.8) is 0 Å². The molecule has 1 fully saturated rings. The van der Waals surface area contributed by atoms with Gasteiger partial charge in [0.1, 0.15) is 12.1 Å². The molecule has 0 aliphatic carbocycles. The van der Waals surface area contributed by atoms with Gasteiger partial charge in [-0.15, -0.1) is 0 Å². The molecule has 1 aliphatic rings. The fraction of sp³-hybridized carbons (Fsp3) is 0.250. The zero-order chi connectivity index (χ0) is 24.3. The molecule has 1 heterocycles. The Kier molecular flexibility index (Phi) is 6.50. The highest BCUT2D eigenvalue weighted by molar-refractivity contribution is 6.10. The van der Waals surface area contributed by atoms with Crippen LogP contribution >= 0.6 is 0 Å². The van der Waals surface area contributed by atoms with Crippen LogP contribution in [0.2, 0.25) is 0 Å². The second kappa shape index (κ2) is 9.51. The summed E-state index contributed by atoms with van der Waals surface area (Å²) in [6.07, 6.45) is 0. The summed E-state index contributed by atoms with van der Waals surface area (Å²) in [5.41, 5.74) is 2.27. The minimum Gasteiger partial charge on any atom is -0.319 e. The van der Waals surface area contributed by atoms with Crippen LogP contribution in [0.5, 0.6) is 0 Å². The fourth-order valence-electron chi connectivity index (χ4n) is 4.16. The Hall–Kier alpha value is -3.93. The van der Waals surface area contributed by atoms with Gasteiger partial charge >= 0.3 is 6.03 Å². The van der Waals surface area contributed by atoms with Gasteiger partial charge in [-0.2, -0.15) is 0 Å². The van der Waals surface area contributed by atoms with Gasteiger partial charge in [0.25, 0.3) is 5.91 Å². The number of urea groups is 1. The van der Waals surface area contributed by atoms with Gasteiger partial charge < -0.3 is 10.2 Å². The molecule has 174 valence electrons. The Morgan fingerprint density at radius 1 is 0.912 bits per heavy atom. The zero-order valence-corrected chi connectivity index (χ0v) is 19.7. The van der Waals surface area contributed by atoms with E-state index in [1.807, 2.05) is 84.9 Å². The fourth-order valence-corrected chi connectivity index (χ4v) is 4.16. The summed E-state index contributed by atoms with van der Waals surface area (Å²) in [6, 6.07) is 26.0. The standard InChI is InChI=1S/C28H29N3O3/c1-20(2)22-14-16-23(17-15-22)28(3)26(33)31(27(34)29-28)19-25(32)30(24-12-8-5-9-13-24)18-21-10-6-4-7-11-21/h4-17,20H,18-19H2,1-3H3,(H,29,34). The Labute approximate surface area is 200 Å². The maximum atomic E-state index is 13.4. The van der Waals surface area contributed by atoms with E-state index in [1.54, 1.807) is 11.8 Å². The van der Waals surface area contributed by atoms with Gasteiger partial charge in [0.05, 0.1) is 6.54 Å². The van der Waals surface area contributed by atoms with Crippen LogP contribution in [0.3, 0.4) is 0 Å². The highest BCUT2D eigenvalue weighted by atomic mass is 16.2. The van der Waals surface area contributed by atoms with Crippen molar-refractivity contribution in [1.29, 1.82) is 0 Å². The van der Waals surface area contributed by atoms with Gasteiger partial charge in [0.15, 0.2) is 0 Å². The van der Waals surface area contributed by atoms with Gasteiger partial charge in [0.2, 0.25) is 5.91 Å². The Bertz CT molecular complexity index is 1180. The number of amides is 4. The number of hydrogen-bond acceptors (Lipinski definition) is 3. The van der Waals surface area contributed by atoms with Crippen LogP contribution in [-0.2, 0) is 21.7 Å². The van der Waals surface area contributed by atoms with E-state index in [4.69, 9.17) is 0 Å². The molecule has 3 aromatic rings. The smallest absolute Gasteiger partial charge is 0.319 e. The molecule has 1 saturated heterocycles. The van der Waals surface area contributed by atoms with E-state index in [9.17, 15) is 14.4 Å². The molecule has 0 spiro atoms. The number of rotatable bonds is 7. The summed E-state index contributed by atoms with van der Waals surface area (Å²) in [4.78, 5) is 42.2. The lowest BCUT2D eigenvalue weighted by Crippen LogP contribution is -2.44. The molecule has 1 unspecified atom stereocenters. The average molecular weight is 456 g/mol. The summed E-state index contributed by atoms with van der Waals surface area (Å²) < 4.78 is 0. The molecule has 3 aromatic carbocycles. The molecule has 0 aromatic heterocycles. The van der Waals surface area contributed by atoms with Crippen LogP contribution < -0.4 is 10.2 Å². The Morgan fingerprint density at radius 2 is 1.50 bits per heavy atom. The van der Waals surface area contributed by atoms with Gasteiger partial charge in [0, 0.05) is 5.69 Å². The third-order valence-corrected chi connectivity index (χ3v) is 6.28. The second-order valence-electron chi connectivity index (χ2n) is 9.02. The summed E-state index contributed by atoms with van der Waals surface area (Å²) in [5, 5.41) is 2.80. The van der Waals surface area contributed by atoms with Crippen LogP contribution in [0.25, 0.3) is 0 Å². The molecule has 6 nitrogen and oxygen atoms in total. The van der Waals surface area contributed by atoms with Crippen molar-refractivity contribution in [2.24, 2.45) is 0 Å². The monoisotopic (exact) mass is 455 g/mol. The van der Waals surface area contributed by atoms with Crippen molar-refractivity contribution in [2.75, 3.05) is 11.4 Å². The quantitative estimate of drug-likeness (QED) is 0.520. The third-order valence-electron chi connectivity index (χ3n) is 6.28. The van der Waals surface area contributed by atoms with E-state index in [0.29, 0.717) is 23.7 Å². The van der Waals surface area contributed by atoms with Gasteiger partial charge in [-0.05, 0) is 41.7 Å². The first kappa shape index (κ1) is 23.2. The number of hydrogen-bond donors (Lipinski definition) is 1. The molecule has 34 heavy (non-hydrogen) atoms. The SMILES string of the molecule is CC(C)c1ccc(C2(C)NC(=O)N(CC(=O)N(Cc3ccccc3)c3ccccc3)C2=O)cc1. The van der Waals surface area contributed by atoms with Crippen LogP contribution in [0.15, 0.2) is 84.9 Å². The minimum absolute atomic E-state index is 0.335. The van der Waals surface area contributed by atoms with Gasteiger partial charge in [-0.1, -0.05) is 86.6 Å². The first-order chi connectivity index (χ1) is 16.3. The van der Waals surface area contributed by atoms with Crippen molar-refractivity contribution >= 4 is 23.5 Å². The first-order valence-electron chi connectivity index (χ1n) is 11.4. The molecule has 0 saturated carbocycles. The predicted octanol–water partition coefficient (Wildman–Crippen LogP) is 4.81. The number of anilines is 1.